The van der Waals surface area contributed by atoms with Gasteiger partial charge in [-0.05, 0) is 57.9 Å². The van der Waals surface area contributed by atoms with E-state index in [9.17, 15) is 9.18 Å². The van der Waals surface area contributed by atoms with E-state index in [1.165, 1.54) is 12.1 Å². The quantitative estimate of drug-likeness (QED) is 0.666. The van der Waals surface area contributed by atoms with Gasteiger partial charge in [-0.3, -0.25) is 4.79 Å². The van der Waals surface area contributed by atoms with Gasteiger partial charge in [-0.15, -0.1) is 0 Å². The van der Waals surface area contributed by atoms with Crippen LogP contribution < -0.4 is 10.1 Å². The van der Waals surface area contributed by atoms with E-state index in [0.29, 0.717) is 16.1 Å². The zero-order valence-electron chi connectivity index (χ0n) is 12.5. The average Bonchev–Trinajstić information content (AvgIpc) is 3.00. The second-order valence-electron chi connectivity index (χ2n) is 5.00. The third-order valence-electron chi connectivity index (χ3n) is 3.18. The summed E-state index contributed by atoms with van der Waals surface area (Å²) in [6.45, 7) is 0.236. The first-order chi connectivity index (χ1) is 11.6. The molecule has 0 aliphatic heterocycles. The highest BCUT2D eigenvalue weighted by molar-refractivity contribution is 9.10. The average molecular weight is 390 g/mol. The molecule has 1 heterocycles. The lowest BCUT2D eigenvalue weighted by Crippen LogP contribution is -2.10. The second-order valence-corrected chi connectivity index (χ2v) is 5.79. The molecule has 0 bridgehead atoms. The minimum absolute atomic E-state index is 0.202. The van der Waals surface area contributed by atoms with Crippen LogP contribution in [0.1, 0.15) is 16.1 Å². The molecule has 24 heavy (non-hydrogen) atoms. The van der Waals surface area contributed by atoms with E-state index in [2.05, 4.69) is 21.2 Å². The summed E-state index contributed by atoms with van der Waals surface area (Å²) in [7, 11) is 0. The Labute approximate surface area is 146 Å². The zero-order chi connectivity index (χ0) is 16.9. The summed E-state index contributed by atoms with van der Waals surface area (Å²) in [5, 5.41) is 2.73. The number of carbonyl (C=O) groups excluding carboxylic acids is 1. The van der Waals surface area contributed by atoms with E-state index in [1.807, 2.05) is 0 Å². The fourth-order valence-electron chi connectivity index (χ4n) is 2.09. The summed E-state index contributed by atoms with van der Waals surface area (Å²) in [5.74, 6) is 0.107. The standard InChI is InChI=1S/C18H13BrFNO3/c19-17-8-7-16(24-17)18(22)21-14-5-2-6-15(10-14)23-11-12-3-1-4-13(20)9-12/h1-10H,11H2,(H,21,22). The Bertz CT molecular complexity index is 863. The number of furan rings is 1. The van der Waals surface area contributed by atoms with E-state index in [0.717, 1.165) is 5.56 Å². The van der Waals surface area contributed by atoms with E-state index in [4.69, 9.17) is 9.15 Å². The molecular formula is C18H13BrFNO3. The Kier molecular flexibility index (Phi) is 4.96. The number of rotatable bonds is 5. The van der Waals surface area contributed by atoms with Crippen LogP contribution in [0, 0.1) is 5.82 Å². The van der Waals surface area contributed by atoms with Gasteiger partial charge in [-0.2, -0.15) is 0 Å². The number of amides is 1. The van der Waals surface area contributed by atoms with Gasteiger partial charge in [0.25, 0.3) is 5.91 Å². The molecule has 1 N–H and O–H groups in total. The topological polar surface area (TPSA) is 51.5 Å². The van der Waals surface area contributed by atoms with Crippen LogP contribution in [0.15, 0.2) is 69.8 Å². The maximum absolute atomic E-state index is 13.1. The van der Waals surface area contributed by atoms with Crippen LogP contribution in [-0.2, 0) is 6.61 Å². The molecular weight excluding hydrogens is 377 g/mol. The molecule has 0 spiro atoms. The summed E-state index contributed by atoms with van der Waals surface area (Å²) in [6, 6.07) is 16.4. The third-order valence-corrected chi connectivity index (χ3v) is 3.61. The van der Waals surface area contributed by atoms with E-state index < -0.39 is 0 Å². The molecule has 6 heteroatoms. The molecule has 122 valence electrons. The van der Waals surface area contributed by atoms with Gasteiger partial charge in [0.2, 0.25) is 0 Å². The maximum atomic E-state index is 13.1. The minimum atomic E-state index is -0.358. The first kappa shape index (κ1) is 16.3. The Morgan fingerprint density at radius 1 is 1.12 bits per heavy atom. The predicted molar refractivity (Wildman–Crippen MR) is 91.5 cm³/mol. The fraction of sp³-hybridized carbons (Fsp3) is 0.0556. The zero-order valence-corrected chi connectivity index (χ0v) is 14.0. The molecule has 0 aliphatic carbocycles. The number of anilines is 1. The van der Waals surface area contributed by atoms with Crippen molar-refractivity contribution in [2.75, 3.05) is 5.32 Å². The molecule has 0 atom stereocenters. The first-order valence-electron chi connectivity index (χ1n) is 7.14. The molecule has 0 saturated heterocycles. The van der Waals surface area contributed by atoms with Crippen LogP contribution >= 0.6 is 15.9 Å². The molecule has 1 amide bonds. The lowest BCUT2D eigenvalue weighted by Gasteiger charge is -2.09. The monoisotopic (exact) mass is 389 g/mol. The Morgan fingerprint density at radius 2 is 1.96 bits per heavy atom. The first-order valence-corrected chi connectivity index (χ1v) is 7.93. The largest absolute Gasteiger partial charge is 0.489 e. The molecule has 2 aromatic carbocycles. The number of hydrogen-bond acceptors (Lipinski definition) is 3. The lowest BCUT2D eigenvalue weighted by molar-refractivity contribution is 0.0995. The fourth-order valence-corrected chi connectivity index (χ4v) is 2.39. The smallest absolute Gasteiger partial charge is 0.291 e. The van der Waals surface area contributed by atoms with Crippen molar-refractivity contribution in [2.45, 2.75) is 6.61 Å². The van der Waals surface area contributed by atoms with Gasteiger partial charge in [0.05, 0.1) is 0 Å². The van der Waals surface area contributed by atoms with Crippen molar-refractivity contribution in [3.8, 4) is 5.75 Å². The molecule has 0 fully saturated rings. The van der Waals surface area contributed by atoms with Gasteiger partial charge in [-0.25, -0.2) is 4.39 Å². The van der Waals surface area contributed by atoms with Gasteiger partial charge in [0, 0.05) is 11.8 Å². The summed E-state index contributed by atoms with van der Waals surface area (Å²) in [4.78, 5) is 12.0. The van der Waals surface area contributed by atoms with E-state index >= 15 is 0 Å². The van der Waals surface area contributed by atoms with Crippen LogP contribution in [0.25, 0.3) is 0 Å². The van der Waals surface area contributed by atoms with Crippen LogP contribution in [0.4, 0.5) is 10.1 Å². The molecule has 0 saturated carbocycles. The van der Waals surface area contributed by atoms with Crippen molar-refractivity contribution in [3.63, 3.8) is 0 Å². The second kappa shape index (κ2) is 7.31. The van der Waals surface area contributed by atoms with Crippen molar-refractivity contribution in [1.29, 1.82) is 0 Å². The molecule has 3 aromatic rings. The Balaban J connectivity index is 1.64. The number of carbonyl (C=O) groups is 1. The molecule has 0 aliphatic rings. The van der Waals surface area contributed by atoms with Gasteiger partial charge < -0.3 is 14.5 Å². The third kappa shape index (κ3) is 4.23. The van der Waals surface area contributed by atoms with Crippen molar-refractivity contribution in [1.82, 2.24) is 0 Å². The number of benzene rings is 2. The Hall–Kier alpha value is -2.60. The van der Waals surface area contributed by atoms with Gasteiger partial charge in [-0.1, -0.05) is 18.2 Å². The summed E-state index contributed by atoms with van der Waals surface area (Å²) >= 11 is 3.15. The van der Waals surface area contributed by atoms with E-state index in [1.54, 1.807) is 48.5 Å². The molecule has 4 nitrogen and oxygen atoms in total. The highest BCUT2D eigenvalue weighted by Crippen LogP contribution is 2.20. The van der Waals surface area contributed by atoms with Gasteiger partial charge in [0.15, 0.2) is 10.4 Å². The van der Waals surface area contributed by atoms with Crippen LogP contribution in [-0.4, -0.2) is 5.91 Å². The molecule has 3 rings (SSSR count). The van der Waals surface area contributed by atoms with Crippen LogP contribution in [0.5, 0.6) is 5.75 Å². The number of nitrogens with one attached hydrogen (secondary N) is 1. The highest BCUT2D eigenvalue weighted by Gasteiger charge is 2.11. The normalized spacial score (nSPS) is 10.4. The SMILES string of the molecule is O=C(Nc1cccc(OCc2cccc(F)c2)c1)c1ccc(Br)o1. The Morgan fingerprint density at radius 3 is 2.71 bits per heavy atom. The summed E-state index contributed by atoms with van der Waals surface area (Å²) < 4.78 is 24.5. The van der Waals surface area contributed by atoms with Gasteiger partial charge >= 0.3 is 0 Å². The highest BCUT2D eigenvalue weighted by atomic mass is 79.9. The van der Waals surface area contributed by atoms with Crippen LogP contribution in [0.3, 0.4) is 0 Å². The van der Waals surface area contributed by atoms with Crippen molar-refractivity contribution >= 4 is 27.5 Å². The summed E-state index contributed by atoms with van der Waals surface area (Å²) in [6.07, 6.45) is 0. The van der Waals surface area contributed by atoms with Gasteiger partial charge in [0.1, 0.15) is 18.2 Å². The van der Waals surface area contributed by atoms with E-state index in [-0.39, 0.29) is 24.1 Å². The summed E-state index contributed by atoms with van der Waals surface area (Å²) in [5.41, 5.74) is 1.30. The maximum Gasteiger partial charge on any atom is 0.291 e. The molecule has 1 aromatic heterocycles. The minimum Gasteiger partial charge on any atom is -0.489 e. The van der Waals surface area contributed by atoms with Crippen molar-refractivity contribution in [2.24, 2.45) is 0 Å². The number of halogens is 2. The number of ether oxygens (including phenoxy) is 1. The number of hydrogen-bond donors (Lipinski definition) is 1. The van der Waals surface area contributed by atoms with Crippen molar-refractivity contribution in [3.05, 3.63) is 82.5 Å². The lowest BCUT2D eigenvalue weighted by atomic mass is 10.2. The van der Waals surface area contributed by atoms with Crippen molar-refractivity contribution < 1.29 is 18.3 Å². The predicted octanol–water partition coefficient (Wildman–Crippen LogP) is 5.01. The molecule has 0 radical (unpaired) electrons. The van der Waals surface area contributed by atoms with Crippen LogP contribution in [0.2, 0.25) is 0 Å². The molecule has 0 unspecified atom stereocenters.